The molecule has 50 heavy (non-hydrogen) atoms. The highest BCUT2D eigenvalue weighted by Crippen LogP contribution is 2.38. The largest absolute Gasteiger partial charge is 0.530 e. The third-order valence-electron chi connectivity index (χ3n) is 10.1. The fourth-order valence-corrected chi connectivity index (χ4v) is 9.04. The average Bonchev–Trinajstić information content (AvgIpc) is 3.90. The summed E-state index contributed by atoms with van der Waals surface area (Å²) in [6.45, 7) is 5.55. The topological polar surface area (TPSA) is 170 Å². The number of hydrogen-bond donors (Lipinski definition) is 2. The quantitative estimate of drug-likeness (QED) is 0.295. The van der Waals surface area contributed by atoms with Gasteiger partial charge in [-0.25, -0.2) is 13.2 Å². The van der Waals surface area contributed by atoms with E-state index in [2.05, 4.69) is 5.32 Å². The number of ether oxygens (including phenoxy) is 4. The molecule has 4 heterocycles. The number of rotatable bonds is 14. The van der Waals surface area contributed by atoms with Crippen LogP contribution in [0, 0.1) is 11.3 Å². The van der Waals surface area contributed by atoms with E-state index in [0.717, 1.165) is 23.3 Å². The lowest BCUT2D eigenvalue weighted by Crippen LogP contribution is -2.61. The smallest absolute Gasteiger partial charge is 0.317 e. The minimum Gasteiger partial charge on any atom is -0.530 e. The molecule has 4 aliphatic rings. The first-order valence-electron chi connectivity index (χ1n) is 17.3. The van der Waals surface area contributed by atoms with Crippen molar-refractivity contribution in [2.45, 2.75) is 75.3 Å². The van der Waals surface area contributed by atoms with Crippen LogP contribution in [0.15, 0.2) is 53.4 Å². The number of carboxylic acid groups (broad SMARTS) is 1. The minimum atomic E-state index is -4.27. The summed E-state index contributed by atoms with van der Waals surface area (Å²) >= 11 is 0. The molecular formula is C35H47N4O10S-. The number of carbonyl (C=O) groups excluding carboxylic acids is 2. The summed E-state index contributed by atoms with van der Waals surface area (Å²) in [6.07, 6.45) is -0.430. The van der Waals surface area contributed by atoms with Crippen molar-refractivity contribution in [2.75, 3.05) is 52.7 Å². The number of sulfonamides is 1. The van der Waals surface area contributed by atoms with Crippen molar-refractivity contribution in [3.05, 3.63) is 54.1 Å². The van der Waals surface area contributed by atoms with Gasteiger partial charge in [-0.15, -0.1) is 0 Å². The first-order valence-corrected chi connectivity index (χ1v) is 18.7. The van der Waals surface area contributed by atoms with Gasteiger partial charge < -0.3 is 49.1 Å². The lowest BCUT2D eigenvalue weighted by Gasteiger charge is -2.43. The summed E-state index contributed by atoms with van der Waals surface area (Å²) in [7, 11) is -4.27. The number of carbonyl (C=O) groups is 2. The molecule has 5 atom stereocenters. The van der Waals surface area contributed by atoms with E-state index in [4.69, 9.17) is 18.9 Å². The number of benzene rings is 2. The number of likely N-dealkylation sites (tertiary alicyclic amines) is 1. The maximum atomic E-state index is 14.5. The zero-order chi connectivity index (χ0) is 35.5. The molecule has 0 aromatic heterocycles. The SMILES string of the molecule is CC(C)(CCNC(=O)N1CCCC1)CN(C[C@@H](O)[C@H](Cc1ccccc1)N(C(=O)[O-])[C@H]1CO[C@H]2OCC[C@H]21)S(=O)(=O)c1ccc2c(c1)OCO2. The second-order valence-electron chi connectivity index (χ2n) is 14.2. The second kappa shape index (κ2) is 15.3. The molecule has 2 aromatic rings. The maximum absolute atomic E-state index is 14.5. The summed E-state index contributed by atoms with van der Waals surface area (Å²) in [5, 5.41) is 28.0. The molecule has 3 fully saturated rings. The van der Waals surface area contributed by atoms with Gasteiger partial charge in [-0.2, -0.15) is 4.31 Å². The van der Waals surface area contributed by atoms with Gasteiger partial charge in [-0.3, -0.25) is 0 Å². The summed E-state index contributed by atoms with van der Waals surface area (Å²) in [4.78, 5) is 28.4. The highest BCUT2D eigenvalue weighted by molar-refractivity contribution is 7.89. The number of amides is 3. The van der Waals surface area contributed by atoms with E-state index in [0.29, 0.717) is 44.8 Å². The number of hydrogen-bond acceptors (Lipinski definition) is 10. The molecule has 0 radical (unpaired) electrons. The van der Waals surface area contributed by atoms with Crippen LogP contribution in [0.3, 0.4) is 0 Å². The van der Waals surface area contributed by atoms with Crippen LogP contribution >= 0.6 is 0 Å². The molecule has 274 valence electrons. The zero-order valence-corrected chi connectivity index (χ0v) is 29.4. The van der Waals surface area contributed by atoms with Gasteiger partial charge in [-0.1, -0.05) is 44.2 Å². The summed E-state index contributed by atoms with van der Waals surface area (Å²) in [5.41, 5.74) is 0.0955. The van der Waals surface area contributed by atoms with Gasteiger partial charge in [0.25, 0.3) is 0 Å². The molecule has 0 aliphatic carbocycles. The summed E-state index contributed by atoms with van der Waals surface area (Å²) in [6, 6.07) is 11.6. The standard InChI is InChI=1S/C35H48N4O10S/c1-35(2,13-14-36-33(41)37-15-6-7-16-37)22-38(50(44,45)25-10-11-30-31(19-25)49-23-48-30)20-29(40)27(18-24-8-4-3-5-9-24)39(34(42)43)28-21-47-32-26(28)12-17-46-32/h3-5,8-11,19,26-29,32,40H,6-7,12-18,20-23H2,1-2H3,(H,36,41)(H,42,43)/p-1/t26-,27-,28-,29+,32+/m0/s1. The number of nitrogens with zero attached hydrogens (tertiary/aromatic N) is 3. The average molecular weight is 716 g/mol. The third kappa shape index (κ3) is 8.12. The van der Waals surface area contributed by atoms with E-state index in [1.54, 1.807) is 4.90 Å². The van der Waals surface area contributed by atoms with Crippen LogP contribution < -0.4 is 19.9 Å². The molecule has 0 bridgehead atoms. The Bertz CT molecular complexity index is 1600. The minimum absolute atomic E-state index is 0.0323. The van der Waals surface area contributed by atoms with E-state index in [1.165, 1.54) is 22.5 Å². The van der Waals surface area contributed by atoms with Crippen LogP contribution in [-0.4, -0.2) is 117 Å². The van der Waals surface area contributed by atoms with Crippen molar-refractivity contribution < 1.29 is 47.2 Å². The highest BCUT2D eigenvalue weighted by Gasteiger charge is 2.47. The second-order valence-corrected chi connectivity index (χ2v) is 16.2. The Hall–Kier alpha value is -3.63. The van der Waals surface area contributed by atoms with Crippen molar-refractivity contribution in [3.63, 3.8) is 0 Å². The van der Waals surface area contributed by atoms with Crippen molar-refractivity contribution in [2.24, 2.45) is 11.3 Å². The molecule has 3 saturated heterocycles. The molecule has 2 aromatic carbocycles. The lowest BCUT2D eigenvalue weighted by molar-refractivity contribution is -0.273. The Kier molecular flexibility index (Phi) is 11.1. The zero-order valence-electron chi connectivity index (χ0n) is 28.6. The maximum Gasteiger partial charge on any atom is 0.317 e. The molecule has 2 N–H and O–H groups in total. The number of aliphatic hydroxyl groups excluding tert-OH is 1. The molecule has 0 spiro atoms. The Balaban J connectivity index is 1.28. The molecule has 6 rings (SSSR count). The molecule has 15 heteroatoms. The fraction of sp³-hybridized carbons (Fsp3) is 0.600. The van der Waals surface area contributed by atoms with Crippen molar-refractivity contribution in [3.8, 4) is 11.5 Å². The van der Waals surface area contributed by atoms with Crippen LogP contribution in [0.2, 0.25) is 0 Å². The number of urea groups is 1. The molecule has 3 amide bonds. The van der Waals surface area contributed by atoms with Crippen molar-refractivity contribution in [1.29, 1.82) is 0 Å². The predicted octanol–water partition coefficient (Wildman–Crippen LogP) is 2.01. The fourth-order valence-electron chi connectivity index (χ4n) is 7.38. The predicted molar refractivity (Wildman–Crippen MR) is 179 cm³/mol. The number of fused-ring (bicyclic) bond motifs is 2. The molecule has 14 nitrogen and oxygen atoms in total. The van der Waals surface area contributed by atoms with E-state index >= 15 is 0 Å². The summed E-state index contributed by atoms with van der Waals surface area (Å²) < 4.78 is 52.4. The lowest BCUT2D eigenvalue weighted by atomic mass is 9.89. The molecule has 4 aliphatic heterocycles. The Morgan fingerprint density at radius 3 is 2.56 bits per heavy atom. The molecular weight excluding hydrogens is 668 g/mol. The van der Waals surface area contributed by atoms with Gasteiger partial charge in [0, 0.05) is 44.7 Å². The third-order valence-corrected chi connectivity index (χ3v) is 11.9. The van der Waals surface area contributed by atoms with Gasteiger partial charge in [0.15, 0.2) is 17.8 Å². The number of nitrogens with one attached hydrogen (secondary N) is 1. The van der Waals surface area contributed by atoms with E-state index in [9.17, 15) is 28.2 Å². The first kappa shape index (κ1) is 36.2. The van der Waals surface area contributed by atoms with Crippen LogP contribution in [0.5, 0.6) is 11.5 Å². The number of aliphatic hydroxyl groups is 1. The molecule has 0 saturated carbocycles. The first-order chi connectivity index (χ1) is 23.9. The highest BCUT2D eigenvalue weighted by atomic mass is 32.2. The van der Waals surface area contributed by atoms with Crippen LogP contribution in [0.4, 0.5) is 9.59 Å². The normalized spacial score (nSPS) is 22.8. The van der Waals surface area contributed by atoms with Crippen LogP contribution in [-0.2, 0) is 25.9 Å². The monoisotopic (exact) mass is 715 g/mol. The van der Waals surface area contributed by atoms with Crippen molar-refractivity contribution in [1.82, 2.24) is 19.4 Å². The Morgan fingerprint density at radius 2 is 1.82 bits per heavy atom. The van der Waals surface area contributed by atoms with Crippen LogP contribution in [0.25, 0.3) is 0 Å². The van der Waals surface area contributed by atoms with Gasteiger partial charge in [-0.05, 0) is 55.2 Å². The van der Waals surface area contributed by atoms with E-state index < -0.39 is 52.6 Å². The summed E-state index contributed by atoms with van der Waals surface area (Å²) in [5.74, 6) is 0.460. The van der Waals surface area contributed by atoms with Gasteiger partial charge in [0.1, 0.15) is 6.09 Å². The van der Waals surface area contributed by atoms with Crippen LogP contribution in [0.1, 0.15) is 45.1 Å². The Labute approximate surface area is 293 Å². The van der Waals surface area contributed by atoms with Gasteiger partial charge in [0.05, 0.1) is 36.3 Å². The molecule has 0 unspecified atom stereocenters. The Morgan fingerprint density at radius 1 is 1.08 bits per heavy atom. The van der Waals surface area contributed by atoms with E-state index in [-0.39, 0.29) is 49.0 Å². The van der Waals surface area contributed by atoms with E-state index in [1.807, 2.05) is 44.2 Å². The van der Waals surface area contributed by atoms with Gasteiger partial charge >= 0.3 is 6.03 Å². The van der Waals surface area contributed by atoms with Gasteiger partial charge in [0.2, 0.25) is 16.8 Å². The van der Waals surface area contributed by atoms with Crippen molar-refractivity contribution >= 4 is 22.1 Å².